The molecule has 28 heavy (non-hydrogen) atoms. The average Bonchev–Trinajstić information content (AvgIpc) is 2.69. The number of amides is 1. The maximum atomic E-state index is 12.1. The molecule has 0 heterocycles. The van der Waals surface area contributed by atoms with Crippen LogP contribution in [0.1, 0.15) is 41.7 Å². The molecule has 1 amide bonds. The van der Waals surface area contributed by atoms with Crippen molar-refractivity contribution in [1.82, 2.24) is 5.32 Å². The summed E-state index contributed by atoms with van der Waals surface area (Å²) in [4.78, 5) is 34.8. The Labute approximate surface area is 163 Å². The van der Waals surface area contributed by atoms with Crippen molar-refractivity contribution in [2.75, 3.05) is 13.7 Å². The molecule has 0 fully saturated rings. The number of carboxylic acid groups (broad SMARTS) is 1. The number of rotatable bonds is 10. The minimum atomic E-state index is -1.14. The third kappa shape index (κ3) is 6.12. The second-order valence-corrected chi connectivity index (χ2v) is 6.14. The summed E-state index contributed by atoms with van der Waals surface area (Å²) in [6.45, 7) is 1.79. The number of aliphatic carboxylic acids is 1. The van der Waals surface area contributed by atoms with Crippen molar-refractivity contribution >= 4 is 17.7 Å². The van der Waals surface area contributed by atoms with Gasteiger partial charge in [0.05, 0.1) is 13.7 Å². The number of hydrogen-bond acceptors (Lipinski definition) is 5. The van der Waals surface area contributed by atoms with E-state index in [0.717, 1.165) is 0 Å². The van der Waals surface area contributed by atoms with Crippen molar-refractivity contribution in [3.63, 3.8) is 0 Å². The molecule has 148 valence electrons. The van der Waals surface area contributed by atoms with Gasteiger partial charge in [-0.15, -0.1) is 0 Å². The molecule has 1 unspecified atom stereocenters. The van der Waals surface area contributed by atoms with Gasteiger partial charge in [0.15, 0.2) is 11.8 Å². The maximum Gasteiger partial charge on any atom is 0.330 e. The first kappa shape index (κ1) is 21.0. The number of Topliss-reactive ketones (excluding diaryl/α,β-unsaturated/α-hetero) is 1. The highest BCUT2D eigenvalue weighted by molar-refractivity contribution is 5.94. The highest BCUT2D eigenvalue weighted by Gasteiger charge is 2.21. The molecule has 0 aromatic heterocycles. The van der Waals surface area contributed by atoms with Gasteiger partial charge in [0, 0.05) is 12.0 Å². The topological polar surface area (TPSA) is 102 Å². The minimum absolute atomic E-state index is 0.0203. The summed E-state index contributed by atoms with van der Waals surface area (Å²) in [5.41, 5.74) is 1.06. The van der Waals surface area contributed by atoms with Crippen LogP contribution in [0.5, 0.6) is 11.5 Å². The molecule has 2 N–H and O–H groups in total. The normalized spacial score (nSPS) is 11.4. The fourth-order valence-corrected chi connectivity index (χ4v) is 2.53. The van der Waals surface area contributed by atoms with Gasteiger partial charge in [-0.1, -0.05) is 12.1 Å². The summed E-state index contributed by atoms with van der Waals surface area (Å²) in [5.74, 6) is -0.327. The molecule has 2 aromatic carbocycles. The van der Waals surface area contributed by atoms with Gasteiger partial charge >= 0.3 is 5.97 Å². The van der Waals surface area contributed by atoms with Gasteiger partial charge in [0.2, 0.25) is 5.91 Å². The summed E-state index contributed by atoms with van der Waals surface area (Å²) < 4.78 is 10.6. The first-order valence-electron chi connectivity index (χ1n) is 8.80. The Kier molecular flexibility index (Phi) is 7.56. The zero-order chi connectivity index (χ0) is 20.5. The van der Waals surface area contributed by atoms with E-state index < -0.39 is 12.0 Å². The zero-order valence-corrected chi connectivity index (χ0v) is 15.8. The van der Waals surface area contributed by atoms with E-state index in [4.69, 9.17) is 9.47 Å². The molecule has 2 rings (SSSR count). The van der Waals surface area contributed by atoms with Crippen molar-refractivity contribution in [2.24, 2.45) is 0 Å². The Bertz CT molecular complexity index is 814. The van der Waals surface area contributed by atoms with Crippen LogP contribution >= 0.6 is 0 Å². The van der Waals surface area contributed by atoms with E-state index >= 15 is 0 Å². The largest absolute Gasteiger partial charge is 0.497 e. The molecule has 0 saturated carbocycles. The van der Waals surface area contributed by atoms with Crippen LogP contribution in [0.25, 0.3) is 0 Å². The van der Waals surface area contributed by atoms with Crippen LogP contribution in [0.2, 0.25) is 0 Å². The predicted octanol–water partition coefficient (Wildman–Crippen LogP) is 3.00. The van der Waals surface area contributed by atoms with E-state index in [1.807, 2.05) is 0 Å². The van der Waals surface area contributed by atoms with Gasteiger partial charge in [-0.25, -0.2) is 4.79 Å². The van der Waals surface area contributed by atoms with E-state index in [2.05, 4.69) is 5.32 Å². The lowest BCUT2D eigenvalue weighted by molar-refractivity contribution is -0.142. The van der Waals surface area contributed by atoms with Gasteiger partial charge in [-0.2, -0.15) is 0 Å². The van der Waals surface area contributed by atoms with Crippen molar-refractivity contribution in [3.05, 3.63) is 59.7 Å². The Hall–Kier alpha value is -3.35. The second-order valence-electron chi connectivity index (χ2n) is 6.14. The first-order valence-corrected chi connectivity index (χ1v) is 8.80. The van der Waals surface area contributed by atoms with Gasteiger partial charge in [-0.05, 0) is 55.3 Å². The molecule has 7 nitrogen and oxygen atoms in total. The Morgan fingerprint density at radius 2 is 1.61 bits per heavy atom. The van der Waals surface area contributed by atoms with Gasteiger partial charge in [-0.3, -0.25) is 9.59 Å². The molecule has 0 saturated heterocycles. The number of ketones is 1. The minimum Gasteiger partial charge on any atom is -0.497 e. The molecule has 0 bridgehead atoms. The number of hydrogen-bond donors (Lipinski definition) is 2. The molecule has 0 aliphatic rings. The fraction of sp³-hybridized carbons (Fsp3) is 0.286. The van der Waals surface area contributed by atoms with E-state index in [-0.39, 0.29) is 18.1 Å². The van der Waals surface area contributed by atoms with Crippen LogP contribution in [-0.4, -0.2) is 36.5 Å². The lowest BCUT2D eigenvalue weighted by Gasteiger charge is -2.15. The van der Waals surface area contributed by atoms with E-state index in [1.165, 1.54) is 14.0 Å². The van der Waals surface area contributed by atoms with E-state index in [0.29, 0.717) is 35.7 Å². The number of methoxy groups -OCH3 is 1. The van der Waals surface area contributed by atoms with Crippen molar-refractivity contribution < 1.29 is 29.0 Å². The summed E-state index contributed by atoms with van der Waals surface area (Å²) in [6.07, 6.45) is 0.556. The fourth-order valence-electron chi connectivity index (χ4n) is 2.53. The number of carbonyl (C=O) groups is 3. The number of nitrogens with one attached hydrogen (secondary N) is 1. The number of benzene rings is 2. The summed E-state index contributed by atoms with van der Waals surface area (Å²) in [5, 5.41) is 11.9. The number of ether oxygens (including phenoxy) is 2. The van der Waals surface area contributed by atoms with Crippen LogP contribution in [0.15, 0.2) is 48.5 Å². The lowest BCUT2D eigenvalue weighted by Crippen LogP contribution is -2.33. The standard InChI is InChI=1S/C21H23NO6/c1-14(23)15-5-11-18(12-6-15)28-13-3-4-19(24)22-20(21(25)26)16-7-9-17(27-2)10-8-16/h5-12,20H,3-4,13H2,1-2H3,(H,22,24)(H,25,26). The van der Waals surface area contributed by atoms with Crippen LogP contribution < -0.4 is 14.8 Å². The Morgan fingerprint density at radius 1 is 1.00 bits per heavy atom. The van der Waals surface area contributed by atoms with E-state index in [9.17, 15) is 19.5 Å². The maximum absolute atomic E-state index is 12.1. The summed E-state index contributed by atoms with van der Waals surface area (Å²) >= 11 is 0. The zero-order valence-electron chi connectivity index (χ0n) is 15.8. The molecule has 0 aliphatic carbocycles. The van der Waals surface area contributed by atoms with E-state index in [1.54, 1.807) is 48.5 Å². The van der Waals surface area contributed by atoms with Gasteiger partial charge < -0.3 is 19.9 Å². The first-order chi connectivity index (χ1) is 13.4. The molecular formula is C21H23NO6. The molecule has 2 aromatic rings. The number of carboxylic acids is 1. The molecule has 0 spiro atoms. The quantitative estimate of drug-likeness (QED) is 0.482. The third-order valence-electron chi connectivity index (χ3n) is 4.08. The van der Waals surface area contributed by atoms with Crippen LogP contribution in [0, 0.1) is 0 Å². The molecule has 0 aliphatic heterocycles. The molecular weight excluding hydrogens is 362 g/mol. The SMILES string of the molecule is COc1ccc(C(NC(=O)CCCOc2ccc(C(C)=O)cc2)C(=O)O)cc1. The summed E-state index contributed by atoms with van der Waals surface area (Å²) in [7, 11) is 1.52. The Morgan fingerprint density at radius 3 is 2.14 bits per heavy atom. The predicted molar refractivity (Wildman–Crippen MR) is 103 cm³/mol. The van der Waals surface area contributed by atoms with Crippen LogP contribution in [0.3, 0.4) is 0 Å². The highest BCUT2D eigenvalue weighted by Crippen LogP contribution is 2.18. The average molecular weight is 385 g/mol. The molecule has 0 radical (unpaired) electrons. The second kappa shape index (κ2) is 10.1. The number of carbonyl (C=O) groups excluding carboxylic acids is 2. The van der Waals surface area contributed by atoms with Crippen LogP contribution in [0.4, 0.5) is 0 Å². The summed E-state index contributed by atoms with van der Waals surface area (Å²) in [6, 6.07) is 12.1. The van der Waals surface area contributed by atoms with Crippen molar-refractivity contribution in [3.8, 4) is 11.5 Å². The van der Waals surface area contributed by atoms with Crippen molar-refractivity contribution in [1.29, 1.82) is 0 Å². The lowest BCUT2D eigenvalue weighted by atomic mass is 10.1. The van der Waals surface area contributed by atoms with Crippen molar-refractivity contribution in [2.45, 2.75) is 25.8 Å². The Balaban J connectivity index is 1.80. The highest BCUT2D eigenvalue weighted by atomic mass is 16.5. The smallest absolute Gasteiger partial charge is 0.330 e. The van der Waals surface area contributed by atoms with Gasteiger partial charge in [0.25, 0.3) is 0 Å². The molecule has 1 atom stereocenters. The van der Waals surface area contributed by atoms with Gasteiger partial charge in [0.1, 0.15) is 11.5 Å². The molecule has 7 heteroatoms. The van der Waals surface area contributed by atoms with Crippen LogP contribution in [-0.2, 0) is 9.59 Å². The third-order valence-corrected chi connectivity index (χ3v) is 4.08. The monoisotopic (exact) mass is 385 g/mol.